The Kier molecular flexibility index (Phi) is 7.68. The fourth-order valence-corrected chi connectivity index (χ4v) is 2.17. The van der Waals surface area contributed by atoms with Gasteiger partial charge in [0, 0.05) is 32.2 Å². The van der Waals surface area contributed by atoms with E-state index < -0.39 is 0 Å². The Morgan fingerprint density at radius 2 is 2.00 bits per heavy atom. The summed E-state index contributed by atoms with van der Waals surface area (Å²) in [7, 11) is 0. The van der Waals surface area contributed by atoms with Gasteiger partial charge in [0.05, 0.1) is 12.7 Å². The van der Waals surface area contributed by atoms with Crippen molar-refractivity contribution in [1.82, 2.24) is 5.32 Å². The number of carbonyl (C=O) groups excluding carboxylic acids is 1. The van der Waals surface area contributed by atoms with Crippen LogP contribution < -0.4 is 11.1 Å². The summed E-state index contributed by atoms with van der Waals surface area (Å²) in [4.78, 5) is 11.6. The van der Waals surface area contributed by atoms with Gasteiger partial charge in [0.15, 0.2) is 0 Å². The third-order valence-corrected chi connectivity index (χ3v) is 3.61. The number of rotatable bonds is 7. The molecular formula is C13H25ClN2O3. The van der Waals surface area contributed by atoms with Gasteiger partial charge in [0.2, 0.25) is 5.91 Å². The second-order valence-electron chi connectivity index (χ2n) is 5.24. The smallest absolute Gasteiger partial charge is 0.222 e. The van der Waals surface area contributed by atoms with E-state index in [-0.39, 0.29) is 30.5 Å². The van der Waals surface area contributed by atoms with Gasteiger partial charge in [-0.1, -0.05) is 0 Å². The summed E-state index contributed by atoms with van der Waals surface area (Å²) in [5.41, 5.74) is 5.91. The van der Waals surface area contributed by atoms with Crippen molar-refractivity contribution in [2.45, 2.75) is 44.2 Å². The summed E-state index contributed by atoms with van der Waals surface area (Å²) in [6, 6.07) is 0.130. The number of ether oxygens (including phenoxy) is 2. The maximum Gasteiger partial charge on any atom is 0.222 e. The average molecular weight is 293 g/mol. The van der Waals surface area contributed by atoms with Gasteiger partial charge in [0.25, 0.3) is 0 Å². The zero-order valence-corrected chi connectivity index (χ0v) is 12.1. The molecule has 19 heavy (non-hydrogen) atoms. The SMILES string of the molecule is Cl.NC(CNC(=O)CCOC1CCOCC1)C1CC1. The van der Waals surface area contributed by atoms with E-state index in [0.717, 1.165) is 26.1 Å². The Labute approximate surface area is 121 Å². The Morgan fingerprint density at radius 1 is 1.32 bits per heavy atom. The zero-order valence-electron chi connectivity index (χ0n) is 11.3. The largest absolute Gasteiger partial charge is 0.381 e. The van der Waals surface area contributed by atoms with Crippen molar-refractivity contribution in [1.29, 1.82) is 0 Å². The maximum absolute atomic E-state index is 11.6. The number of amides is 1. The van der Waals surface area contributed by atoms with Crippen LogP contribution >= 0.6 is 12.4 Å². The van der Waals surface area contributed by atoms with Crippen LogP contribution in [-0.4, -0.2) is 44.4 Å². The minimum atomic E-state index is 0. The quantitative estimate of drug-likeness (QED) is 0.729. The Bertz CT molecular complexity index is 269. The number of halogens is 1. The fourth-order valence-electron chi connectivity index (χ4n) is 2.17. The number of carbonyl (C=O) groups is 1. The van der Waals surface area contributed by atoms with Crippen LogP contribution in [0.4, 0.5) is 0 Å². The van der Waals surface area contributed by atoms with Crippen molar-refractivity contribution in [3.63, 3.8) is 0 Å². The van der Waals surface area contributed by atoms with Gasteiger partial charge in [-0.3, -0.25) is 4.79 Å². The molecule has 1 saturated carbocycles. The molecule has 2 fully saturated rings. The number of hydrogen-bond donors (Lipinski definition) is 2. The highest BCUT2D eigenvalue weighted by Gasteiger charge is 2.28. The van der Waals surface area contributed by atoms with E-state index in [1.165, 1.54) is 12.8 Å². The number of hydrogen-bond acceptors (Lipinski definition) is 4. The van der Waals surface area contributed by atoms with E-state index in [2.05, 4.69) is 5.32 Å². The molecular weight excluding hydrogens is 268 g/mol. The first-order chi connectivity index (χ1) is 8.75. The fraction of sp³-hybridized carbons (Fsp3) is 0.923. The van der Waals surface area contributed by atoms with E-state index in [0.29, 0.717) is 25.5 Å². The van der Waals surface area contributed by atoms with Gasteiger partial charge in [-0.15, -0.1) is 12.4 Å². The lowest BCUT2D eigenvalue weighted by molar-refractivity contribution is -0.123. The first-order valence-corrected chi connectivity index (χ1v) is 6.97. The van der Waals surface area contributed by atoms with Crippen LogP contribution in [0.15, 0.2) is 0 Å². The zero-order chi connectivity index (χ0) is 12.8. The van der Waals surface area contributed by atoms with Crippen molar-refractivity contribution in [2.24, 2.45) is 11.7 Å². The molecule has 0 aromatic rings. The third-order valence-electron chi connectivity index (χ3n) is 3.61. The van der Waals surface area contributed by atoms with Crippen LogP contribution in [0.3, 0.4) is 0 Å². The molecule has 2 aliphatic rings. The van der Waals surface area contributed by atoms with Crippen LogP contribution in [0.5, 0.6) is 0 Å². The van der Waals surface area contributed by atoms with Crippen LogP contribution in [0.25, 0.3) is 0 Å². The summed E-state index contributed by atoms with van der Waals surface area (Å²) in [5, 5.41) is 2.87. The predicted molar refractivity (Wildman–Crippen MR) is 75.4 cm³/mol. The highest BCUT2D eigenvalue weighted by molar-refractivity contribution is 5.85. The van der Waals surface area contributed by atoms with E-state index in [1.54, 1.807) is 0 Å². The van der Waals surface area contributed by atoms with Crippen molar-refractivity contribution in [2.75, 3.05) is 26.4 Å². The van der Waals surface area contributed by atoms with Crippen molar-refractivity contribution in [3.05, 3.63) is 0 Å². The molecule has 5 nitrogen and oxygen atoms in total. The monoisotopic (exact) mass is 292 g/mol. The molecule has 1 heterocycles. The Balaban J connectivity index is 0.00000180. The van der Waals surface area contributed by atoms with Crippen LogP contribution in [0.1, 0.15) is 32.1 Å². The molecule has 0 bridgehead atoms. The molecule has 1 unspecified atom stereocenters. The molecule has 1 saturated heterocycles. The minimum absolute atomic E-state index is 0. The average Bonchev–Trinajstić information content (AvgIpc) is 3.21. The Hall–Kier alpha value is -0.360. The lowest BCUT2D eigenvalue weighted by Crippen LogP contribution is -2.39. The highest BCUT2D eigenvalue weighted by Crippen LogP contribution is 2.31. The van der Waals surface area contributed by atoms with Crippen LogP contribution in [0.2, 0.25) is 0 Å². The summed E-state index contributed by atoms with van der Waals surface area (Å²) in [5.74, 6) is 0.668. The van der Waals surface area contributed by atoms with Gasteiger partial charge in [-0.05, 0) is 31.6 Å². The first kappa shape index (κ1) is 16.7. The maximum atomic E-state index is 11.6. The normalized spacial score (nSPS) is 21.5. The van der Waals surface area contributed by atoms with Crippen molar-refractivity contribution >= 4 is 18.3 Å². The molecule has 0 spiro atoms. The summed E-state index contributed by atoms with van der Waals surface area (Å²) in [6.45, 7) is 2.64. The lowest BCUT2D eigenvalue weighted by atomic mass is 10.1. The lowest BCUT2D eigenvalue weighted by Gasteiger charge is -2.22. The van der Waals surface area contributed by atoms with Gasteiger partial charge >= 0.3 is 0 Å². The topological polar surface area (TPSA) is 73.6 Å². The molecule has 3 N–H and O–H groups in total. The third kappa shape index (κ3) is 6.56. The number of nitrogens with two attached hydrogens (primary N) is 1. The van der Waals surface area contributed by atoms with Gasteiger partial charge in [0.1, 0.15) is 0 Å². The standard InChI is InChI=1S/C13H24N2O3.ClH/c14-12(10-1-2-10)9-15-13(16)5-8-18-11-3-6-17-7-4-11;/h10-12H,1-9,14H2,(H,15,16);1H. The second-order valence-corrected chi connectivity index (χ2v) is 5.24. The molecule has 6 heteroatoms. The van der Waals surface area contributed by atoms with Gasteiger partial charge < -0.3 is 20.5 Å². The molecule has 112 valence electrons. The van der Waals surface area contributed by atoms with Crippen molar-refractivity contribution < 1.29 is 14.3 Å². The molecule has 1 aliphatic heterocycles. The molecule has 1 aliphatic carbocycles. The summed E-state index contributed by atoms with van der Waals surface area (Å²) < 4.78 is 10.9. The van der Waals surface area contributed by atoms with Crippen molar-refractivity contribution in [3.8, 4) is 0 Å². The summed E-state index contributed by atoms with van der Waals surface area (Å²) >= 11 is 0. The van der Waals surface area contributed by atoms with E-state index in [4.69, 9.17) is 15.2 Å². The minimum Gasteiger partial charge on any atom is -0.381 e. The van der Waals surface area contributed by atoms with Crippen LogP contribution in [-0.2, 0) is 14.3 Å². The van der Waals surface area contributed by atoms with E-state index >= 15 is 0 Å². The predicted octanol–water partition coefficient (Wildman–Crippen LogP) is 0.847. The molecule has 1 amide bonds. The molecule has 2 rings (SSSR count). The van der Waals surface area contributed by atoms with Crippen LogP contribution in [0, 0.1) is 5.92 Å². The molecule has 1 atom stereocenters. The second kappa shape index (κ2) is 8.74. The highest BCUT2D eigenvalue weighted by atomic mass is 35.5. The summed E-state index contributed by atoms with van der Waals surface area (Å²) in [6.07, 6.45) is 4.99. The van der Waals surface area contributed by atoms with E-state index in [9.17, 15) is 4.79 Å². The molecule has 0 radical (unpaired) electrons. The Morgan fingerprint density at radius 3 is 2.63 bits per heavy atom. The first-order valence-electron chi connectivity index (χ1n) is 6.97. The molecule has 0 aromatic heterocycles. The van der Waals surface area contributed by atoms with E-state index in [1.807, 2.05) is 0 Å². The molecule has 0 aromatic carbocycles. The number of nitrogens with one attached hydrogen (secondary N) is 1. The van der Waals surface area contributed by atoms with Gasteiger partial charge in [-0.2, -0.15) is 0 Å². The van der Waals surface area contributed by atoms with Gasteiger partial charge in [-0.25, -0.2) is 0 Å².